The van der Waals surface area contributed by atoms with Crippen LogP contribution in [-0.4, -0.2) is 31.8 Å². The molecule has 1 aliphatic heterocycles. The van der Waals surface area contributed by atoms with Crippen LogP contribution < -0.4 is 14.4 Å². The van der Waals surface area contributed by atoms with E-state index in [2.05, 4.69) is 0 Å². The molecule has 0 aromatic heterocycles. The van der Waals surface area contributed by atoms with Crippen molar-refractivity contribution in [1.82, 2.24) is 0 Å². The Kier molecular flexibility index (Phi) is 6.09. The zero-order valence-electron chi connectivity index (χ0n) is 20.1. The zero-order valence-corrected chi connectivity index (χ0v) is 20.1. The van der Waals surface area contributed by atoms with Crippen LogP contribution in [0.15, 0.2) is 72.8 Å². The van der Waals surface area contributed by atoms with E-state index >= 15 is 0 Å². The van der Waals surface area contributed by atoms with Gasteiger partial charge in [-0.25, -0.2) is 9.69 Å². The maximum absolute atomic E-state index is 14.3. The Morgan fingerprint density at radius 2 is 1.53 bits per heavy atom. The van der Waals surface area contributed by atoms with Gasteiger partial charge in [-0.05, 0) is 62.1 Å². The first-order valence-electron chi connectivity index (χ1n) is 11.1. The van der Waals surface area contributed by atoms with Crippen molar-refractivity contribution < 1.29 is 23.8 Å². The molecule has 0 spiro atoms. The average molecular weight is 460 g/mol. The summed E-state index contributed by atoms with van der Waals surface area (Å²) in [7, 11) is 3.13. The number of methoxy groups -OCH3 is 2. The monoisotopic (exact) mass is 459 g/mol. The molecule has 3 aromatic rings. The molecule has 6 heteroatoms. The van der Waals surface area contributed by atoms with Crippen molar-refractivity contribution in [1.29, 1.82) is 0 Å². The molecule has 1 atom stereocenters. The van der Waals surface area contributed by atoms with Crippen molar-refractivity contribution >= 4 is 17.7 Å². The third kappa shape index (κ3) is 4.00. The van der Waals surface area contributed by atoms with Crippen LogP contribution in [0.2, 0.25) is 0 Å². The number of carbonyl (C=O) groups is 2. The minimum absolute atomic E-state index is 0.360. The van der Waals surface area contributed by atoms with Gasteiger partial charge in [0.25, 0.3) is 5.91 Å². The van der Waals surface area contributed by atoms with Gasteiger partial charge in [0.15, 0.2) is 11.5 Å². The summed E-state index contributed by atoms with van der Waals surface area (Å²) in [6.07, 6.45) is -0.335. The molecule has 1 heterocycles. The lowest BCUT2D eigenvalue weighted by Crippen LogP contribution is -2.47. The predicted molar refractivity (Wildman–Crippen MR) is 131 cm³/mol. The summed E-state index contributed by atoms with van der Waals surface area (Å²) >= 11 is 0. The summed E-state index contributed by atoms with van der Waals surface area (Å²) < 4.78 is 16.6. The van der Waals surface area contributed by atoms with Gasteiger partial charge < -0.3 is 14.2 Å². The number of amides is 2. The second kappa shape index (κ2) is 8.86. The second-order valence-electron chi connectivity index (χ2n) is 9.28. The van der Waals surface area contributed by atoms with E-state index in [-0.39, 0.29) is 5.91 Å². The van der Waals surface area contributed by atoms with Crippen molar-refractivity contribution in [3.05, 3.63) is 89.5 Å². The molecule has 0 fully saturated rings. The van der Waals surface area contributed by atoms with Crippen LogP contribution in [0, 0.1) is 0 Å². The molecule has 2 amide bonds. The van der Waals surface area contributed by atoms with E-state index in [9.17, 15) is 9.59 Å². The standard InChI is InChI=1S/C28H29NO5/c1-27(2,3)34-26(31)29-22-14-10-9-13-21(22)28(25(29)30,18-19-11-7-6-8-12-19)20-15-16-23(32-4)24(17-20)33-5/h6-17H,18H2,1-5H3. The highest BCUT2D eigenvalue weighted by molar-refractivity contribution is 6.22. The fourth-order valence-electron chi connectivity index (χ4n) is 4.49. The third-order valence-corrected chi connectivity index (χ3v) is 5.94. The lowest BCUT2D eigenvalue weighted by Gasteiger charge is -2.30. The predicted octanol–water partition coefficient (Wildman–Crippen LogP) is 5.51. The molecule has 0 N–H and O–H groups in total. The van der Waals surface area contributed by atoms with Crippen molar-refractivity contribution in [3.8, 4) is 11.5 Å². The molecule has 1 aliphatic rings. The van der Waals surface area contributed by atoms with Gasteiger partial charge in [-0.3, -0.25) is 4.79 Å². The number of nitrogens with zero attached hydrogens (tertiary/aromatic N) is 1. The number of ether oxygens (including phenoxy) is 3. The first-order valence-corrected chi connectivity index (χ1v) is 11.1. The Morgan fingerprint density at radius 3 is 2.18 bits per heavy atom. The number of imide groups is 1. The molecular weight excluding hydrogens is 430 g/mol. The van der Waals surface area contributed by atoms with E-state index in [4.69, 9.17) is 14.2 Å². The van der Waals surface area contributed by atoms with Crippen LogP contribution in [0.4, 0.5) is 10.5 Å². The van der Waals surface area contributed by atoms with Crippen molar-refractivity contribution in [3.63, 3.8) is 0 Å². The highest BCUT2D eigenvalue weighted by atomic mass is 16.6. The molecule has 3 aromatic carbocycles. The number of carbonyl (C=O) groups excluding carboxylic acids is 2. The SMILES string of the molecule is COc1ccc(C2(Cc3ccccc3)C(=O)N(C(=O)OC(C)(C)C)c3ccccc32)cc1OC. The number of hydrogen-bond donors (Lipinski definition) is 0. The van der Waals surface area contributed by atoms with Crippen LogP contribution in [0.25, 0.3) is 0 Å². The Morgan fingerprint density at radius 1 is 0.882 bits per heavy atom. The van der Waals surface area contributed by atoms with E-state index in [1.165, 1.54) is 4.90 Å². The fourth-order valence-corrected chi connectivity index (χ4v) is 4.49. The van der Waals surface area contributed by atoms with Crippen molar-refractivity contribution in [2.45, 2.75) is 38.2 Å². The van der Waals surface area contributed by atoms with Gasteiger partial charge in [-0.15, -0.1) is 0 Å². The minimum atomic E-state index is -1.16. The van der Waals surface area contributed by atoms with Crippen molar-refractivity contribution in [2.75, 3.05) is 19.1 Å². The third-order valence-electron chi connectivity index (χ3n) is 5.94. The van der Waals surface area contributed by atoms with Gasteiger partial charge in [0, 0.05) is 0 Å². The maximum atomic E-state index is 14.3. The Hall–Kier alpha value is -3.80. The number of para-hydroxylation sites is 1. The van der Waals surface area contributed by atoms with Gasteiger partial charge in [0.2, 0.25) is 0 Å². The summed E-state index contributed by atoms with van der Waals surface area (Å²) in [5.74, 6) is 0.705. The summed E-state index contributed by atoms with van der Waals surface area (Å²) in [6, 6.07) is 22.6. The average Bonchev–Trinajstić information content (AvgIpc) is 3.06. The number of rotatable bonds is 5. The molecule has 0 aliphatic carbocycles. The molecule has 34 heavy (non-hydrogen) atoms. The molecule has 176 valence electrons. The van der Waals surface area contributed by atoms with E-state index < -0.39 is 17.1 Å². The summed E-state index contributed by atoms with van der Waals surface area (Å²) in [5, 5.41) is 0. The van der Waals surface area contributed by atoms with Gasteiger partial charge >= 0.3 is 6.09 Å². The molecule has 0 saturated carbocycles. The topological polar surface area (TPSA) is 65.1 Å². The summed E-state index contributed by atoms with van der Waals surface area (Å²) in [6.45, 7) is 5.34. The van der Waals surface area contributed by atoms with E-state index in [0.717, 1.165) is 11.1 Å². The fraction of sp³-hybridized carbons (Fsp3) is 0.286. The number of anilines is 1. The zero-order chi connectivity index (χ0) is 24.5. The largest absolute Gasteiger partial charge is 0.493 e. The molecule has 0 saturated heterocycles. The van der Waals surface area contributed by atoms with Crippen LogP contribution in [-0.2, 0) is 21.4 Å². The van der Waals surface area contributed by atoms with E-state index in [1.54, 1.807) is 47.1 Å². The lowest BCUT2D eigenvalue weighted by molar-refractivity contribution is -0.121. The number of benzene rings is 3. The van der Waals surface area contributed by atoms with Gasteiger partial charge in [0.1, 0.15) is 11.0 Å². The minimum Gasteiger partial charge on any atom is -0.493 e. The van der Waals surface area contributed by atoms with Crippen LogP contribution in [0.5, 0.6) is 11.5 Å². The van der Waals surface area contributed by atoms with Crippen LogP contribution >= 0.6 is 0 Å². The summed E-state index contributed by atoms with van der Waals surface area (Å²) in [5.41, 5.74) is 1.02. The van der Waals surface area contributed by atoms with Crippen molar-refractivity contribution in [2.24, 2.45) is 0 Å². The Labute approximate surface area is 200 Å². The second-order valence-corrected chi connectivity index (χ2v) is 9.28. The van der Waals surface area contributed by atoms with Gasteiger partial charge in [0.05, 0.1) is 19.9 Å². The Balaban J connectivity index is 1.96. The molecule has 0 radical (unpaired) electrons. The Bertz CT molecular complexity index is 1210. The van der Waals surface area contributed by atoms with Crippen LogP contribution in [0.1, 0.15) is 37.5 Å². The smallest absolute Gasteiger partial charge is 0.421 e. The number of fused-ring (bicyclic) bond motifs is 1. The lowest BCUT2D eigenvalue weighted by atomic mass is 9.71. The quantitative estimate of drug-likeness (QED) is 0.503. The molecule has 1 unspecified atom stereocenters. The number of hydrogen-bond acceptors (Lipinski definition) is 5. The molecule has 0 bridgehead atoms. The van der Waals surface area contributed by atoms with E-state index in [1.807, 2.05) is 60.7 Å². The first-order chi connectivity index (χ1) is 16.2. The normalized spacial score (nSPS) is 17.3. The van der Waals surface area contributed by atoms with Crippen LogP contribution in [0.3, 0.4) is 0 Å². The molecule has 6 nitrogen and oxygen atoms in total. The summed E-state index contributed by atoms with van der Waals surface area (Å²) in [4.78, 5) is 28.8. The van der Waals surface area contributed by atoms with Gasteiger partial charge in [-0.2, -0.15) is 0 Å². The van der Waals surface area contributed by atoms with E-state index in [0.29, 0.717) is 29.2 Å². The molecule has 4 rings (SSSR count). The first kappa shape index (κ1) is 23.4. The van der Waals surface area contributed by atoms with Gasteiger partial charge in [-0.1, -0.05) is 54.6 Å². The molecular formula is C28H29NO5. The maximum Gasteiger partial charge on any atom is 0.421 e. The highest BCUT2D eigenvalue weighted by Crippen LogP contribution is 2.50. The highest BCUT2D eigenvalue weighted by Gasteiger charge is 2.55.